The van der Waals surface area contributed by atoms with Crippen molar-refractivity contribution in [3.8, 4) is 0 Å². The average Bonchev–Trinajstić information content (AvgIpc) is 1.81. The van der Waals surface area contributed by atoms with Crippen molar-refractivity contribution in [2.75, 3.05) is 19.8 Å². The molecule has 0 saturated heterocycles. The van der Waals surface area contributed by atoms with Gasteiger partial charge in [-0.05, 0) is 25.9 Å². The van der Waals surface area contributed by atoms with Crippen molar-refractivity contribution in [3.63, 3.8) is 0 Å². The summed E-state index contributed by atoms with van der Waals surface area (Å²) < 4.78 is 0. The summed E-state index contributed by atoms with van der Waals surface area (Å²) in [7, 11) is 0. The maximum atomic E-state index is 5.25. The topological polar surface area (TPSA) is 64.1 Å². The smallest absolute Gasteiger partial charge is 0.0428 e. The van der Waals surface area contributed by atoms with Gasteiger partial charge in [0.15, 0.2) is 0 Å². The molecule has 0 amide bonds. The van der Waals surface area contributed by atoms with E-state index in [1.54, 1.807) is 0 Å². The highest BCUT2D eigenvalue weighted by molar-refractivity contribution is 4.43. The van der Waals surface area contributed by atoms with Crippen molar-refractivity contribution in [1.82, 2.24) is 5.32 Å². The second-order valence-electron chi connectivity index (χ2n) is 1.70. The maximum absolute atomic E-state index is 5.25. The van der Waals surface area contributed by atoms with Crippen LogP contribution in [-0.2, 0) is 0 Å². The Morgan fingerprint density at radius 2 is 1.88 bits per heavy atom. The summed E-state index contributed by atoms with van der Waals surface area (Å²) in [6.45, 7) is 2.35. The van der Waals surface area contributed by atoms with Crippen LogP contribution in [0.4, 0.5) is 0 Å². The average molecular weight is 117 g/mol. The van der Waals surface area contributed by atoms with E-state index in [2.05, 4.69) is 5.32 Å². The van der Waals surface area contributed by atoms with E-state index in [4.69, 9.17) is 11.5 Å². The Morgan fingerprint density at radius 1 is 1.12 bits per heavy atom. The molecule has 0 radical (unpaired) electrons. The predicted molar refractivity (Wildman–Crippen MR) is 35.3 cm³/mol. The quantitative estimate of drug-likeness (QED) is 0.327. The van der Waals surface area contributed by atoms with E-state index < -0.39 is 0 Å². The first-order chi connectivity index (χ1) is 3.91. The van der Waals surface area contributed by atoms with Crippen molar-refractivity contribution in [2.24, 2.45) is 11.5 Å². The molecule has 0 unspecified atom stereocenters. The molecule has 8 heavy (non-hydrogen) atoms. The molecule has 3 nitrogen and oxygen atoms in total. The van der Waals surface area contributed by atoms with E-state index in [1.165, 1.54) is 0 Å². The van der Waals surface area contributed by atoms with Crippen LogP contribution < -0.4 is 16.8 Å². The first-order valence-electron chi connectivity index (χ1n) is 3.02. The monoisotopic (exact) mass is 117 g/mol. The lowest BCUT2D eigenvalue weighted by atomic mass is 10.3. The minimum atomic E-state index is 0.574. The fourth-order valence-electron chi connectivity index (χ4n) is 0.496. The van der Waals surface area contributed by atoms with Crippen LogP contribution in [0.5, 0.6) is 0 Å². The van der Waals surface area contributed by atoms with Crippen LogP contribution in [0.3, 0.4) is 0 Å². The van der Waals surface area contributed by atoms with E-state index in [0.29, 0.717) is 6.67 Å². The Labute approximate surface area is 50.4 Å². The highest BCUT2D eigenvalue weighted by atomic mass is 14.9. The van der Waals surface area contributed by atoms with Crippen molar-refractivity contribution >= 4 is 0 Å². The molecule has 0 bridgehead atoms. The standard InChI is InChI=1S/C5H15N3/c6-3-1-2-4-8-5-7/h8H,1-7H2. The number of nitrogens with two attached hydrogens (primary N) is 2. The molecule has 0 rings (SSSR count). The molecule has 0 heterocycles. The lowest BCUT2D eigenvalue weighted by molar-refractivity contribution is 0.637. The van der Waals surface area contributed by atoms with Gasteiger partial charge in [-0.3, -0.25) is 0 Å². The summed E-state index contributed by atoms with van der Waals surface area (Å²) in [4.78, 5) is 0. The van der Waals surface area contributed by atoms with Gasteiger partial charge in [0, 0.05) is 6.67 Å². The fraction of sp³-hybridized carbons (Fsp3) is 1.00. The highest BCUT2D eigenvalue weighted by Crippen LogP contribution is 1.79. The molecule has 0 saturated carbocycles. The van der Waals surface area contributed by atoms with Crippen molar-refractivity contribution in [1.29, 1.82) is 0 Å². The van der Waals surface area contributed by atoms with Crippen molar-refractivity contribution in [2.45, 2.75) is 12.8 Å². The number of hydrogen-bond acceptors (Lipinski definition) is 3. The minimum absolute atomic E-state index is 0.574. The van der Waals surface area contributed by atoms with Gasteiger partial charge < -0.3 is 16.8 Å². The van der Waals surface area contributed by atoms with Crippen molar-refractivity contribution < 1.29 is 0 Å². The number of nitrogens with one attached hydrogen (secondary N) is 1. The molecule has 0 fully saturated rings. The van der Waals surface area contributed by atoms with Gasteiger partial charge in [0.2, 0.25) is 0 Å². The zero-order chi connectivity index (χ0) is 6.24. The number of unbranched alkanes of at least 4 members (excludes halogenated alkanes) is 1. The number of rotatable bonds is 5. The van der Waals surface area contributed by atoms with Crippen LogP contribution in [0, 0.1) is 0 Å². The van der Waals surface area contributed by atoms with E-state index in [1.807, 2.05) is 0 Å². The minimum Gasteiger partial charge on any atom is -0.330 e. The molecule has 50 valence electrons. The van der Waals surface area contributed by atoms with Crippen LogP contribution in [0.1, 0.15) is 12.8 Å². The van der Waals surface area contributed by atoms with Crippen LogP contribution in [0.2, 0.25) is 0 Å². The lowest BCUT2D eigenvalue weighted by Gasteiger charge is -1.97. The second-order valence-corrected chi connectivity index (χ2v) is 1.70. The third kappa shape index (κ3) is 5.88. The van der Waals surface area contributed by atoms with Crippen LogP contribution in [0.25, 0.3) is 0 Å². The first kappa shape index (κ1) is 7.88. The van der Waals surface area contributed by atoms with Gasteiger partial charge in [-0.1, -0.05) is 0 Å². The molecular weight excluding hydrogens is 102 g/mol. The molecule has 0 aromatic carbocycles. The Kier molecular flexibility index (Phi) is 6.78. The summed E-state index contributed by atoms with van der Waals surface area (Å²) >= 11 is 0. The Morgan fingerprint density at radius 3 is 2.38 bits per heavy atom. The Hall–Kier alpha value is -0.120. The molecule has 3 heteroatoms. The van der Waals surface area contributed by atoms with Gasteiger partial charge in [0.25, 0.3) is 0 Å². The molecule has 0 aromatic heterocycles. The number of hydrogen-bond donors (Lipinski definition) is 3. The van der Waals surface area contributed by atoms with Crippen LogP contribution in [-0.4, -0.2) is 19.8 Å². The van der Waals surface area contributed by atoms with Gasteiger partial charge in [-0.2, -0.15) is 0 Å². The van der Waals surface area contributed by atoms with E-state index in [9.17, 15) is 0 Å². The Balaban J connectivity index is 2.53. The zero-order valence-corrected chi connectivity index (χ0v) is 5.19. The van der Waals surface area contributed by atoms with Gasteiger partial charge >= 0.3 is 0 Å². The third-order valence-corrected chi connectivity index (χ3v) is 0.952. The zero-order valence-electron chi connectivity index (χ0n) is 5.19. The van der Waals surface area contributed by atoms with Crippen LogP contribution >= 0.6 is 0 Å². The first-order valence-corrected chi connectivity index (χ1v) is 3.02. The molecule has 0 spiro atoms. The SMILES string of the molecule is NCCCCNCN. The fourth-order valence-corrected chi connectivity index (χ4v) is 0.496. The molecular formula is C5H15N3. The maximum Gasteiger partial charge on any atom is 0.0428 e. The molecule has 0 aromatic rings. The molecule has 0 aliphatic rings. The summed E-state index contributed by atoms with van der Waals surface area (Å²) in [5.41, 5.74) is 10.4. The summed E-state index contributed by atoms with van der Waals surface area (Å²) in [5.74, 6) is 0. The van der Waals surface area contributed by atoms with Crippen molar-refractivity contribution in [3.05, 3.63) is 0 Å². The van der Waals surface area contributed by atoms with E-state index >= 15 is 0 Å². The molecule has 0 aliphatic heterocycles. The lowest BCUT2D eigenvalue weighted by Crippen LogP contribution is -2.23. The highest BCUT2D eigenvalue weighted by Gasteiger charge is 1.81. The Bertz CT molecular complexity index is 32.7. The largest absolute Gasteiger partial charge is 0.330 e. The van der Waals surface area contributed by atoms with Gasteiger partial charge in [-0.15, -0.1) is 0 Å². The van der Waals surface area contributed by atoms with Gasteiger partial charge in [-0.25, -0.2) is 0 Å². The van der Waals surface area contributed by atoms with E-state index in [0.717, 1.165) is 25.9 Å². The molecule has 0 aliphatic carbocycles. The van der Waals surface area contributed by atoms with Gasteiger partial charge in [0.05, 0.1) is 0 Å². The summed E-state index contributed by atoms with van der Waals surface area (Å²) in [5, 5.41) is 3.01. The second kappa shape index (κ2) is 6.88. The van der Waals surface area contributed by atoms with E-state index in [-0.39, 0.29) is 0 Å². The van der Waals surface area contributed by atoms with Crippen LogP contribution in [0.15, 0.2) is 0 Å². The van der Waals surface area contributed by atoms with Gasteiger partial charge in [0.1, 0.15) is 0 Å². The summed E-state index contributed by atoms with van der Waals surface area (Å²) in [6, 6.07) is 0. The summed E-state index contributed by atoms with van der Waals surface area (Å²) in [6.07, 6.45) is 2.22. The normalized spacial score (nSPS) is 9.75. The third-order valence-electron chi connectivity index (χ3n) is 0.952. The molecule has 0 atom stereocenters. The predicted octanol–water partition coefficient (Wildman–Crippen LogP) is -0.769. The molecule has 5 N–H and O–H groups in total.